The van der Waals surface area contributed by atoms with Crippen molar-refractivity contribution in [1.29, 1.82) is 0 Å². The molecule has 1 heterocycles. The second-order valence-corrected chi connectivity index (χ2v) is 9.01. The molecule has 2 N–H and O–H groups in total. The van der Waals surface area contributed by atoms with Crippen LogP contribution in [0.15, 0.2) is 108 Å². The number of hydrogen-bond acceptors (Lipinski definition) is 4. The van der Waals surface area contributed by atoms with Crippen LogP contribution in [0.2, 0.25) is 0 Å². The highest BCUT2D eigenvalue weighted by atomic mass is 32.1. The summed E-state index contributed by atoms with van der Waals surface area (Å²) in [7, 11) is 0. The minimum atomic E-state index is -0.543. The van der Waals surface area contributed by atoms with E-state index in [9.17, 15) is 4.79 Å². The van der Waals surface area contributed by atoms with Gasteiger partial charge in [0.05, 0.1) is 11.6 Å². The van der Waals surface area contributed by atoms with Crippen LogP contribution >= 0.6 is 12.2 Å². The molecule has 6 heteroatoms. The lowest BCUT2D eigenvalue weighted by Gasteiger charge is -2.31. The molecule has 0 bridgehead atoms. The van der Waals surface area contributed by atoms with Crippen LogP contribution in [-0.2, 0) is 22.7 Å². The first kappa shape index (κ1) is 23.6. The molecule has 0 saturated carbocycles. The van der Waals surface area contributed by atoms with Crippen LogP contribution in [0.25, 0.3) is 10.8 Å². The van der Waals surface area contributed by atoms with Crippen LogP contribution in [0, 0.1) is 0 Å². The van der Waals surface area contributed by atoms with Gasteiger partial charge in [-0.05, 0) is 47.1 Å². The van der Waals surface area contributed by atoms with Gasteiger partial charge in [0.25, 0.3) is 0 Å². The minimum absolute atomic E-state index is 0.181. The molecular formula is C30H26N2O3S. The molecule has 1 atom stereocenters. The number of esters is 1. The Bertz CT molecular complexity index is 1430. The first-order valence-corrected chi connectivity index (χ1v) is 12.2. The zero-order valence-corrected chi connectivity index (χ0v) is 20.7. The number of thiocarbonyl (C=S) groups is 1. The summed E-state index contributed by atoms with van der Waals surface area (Å²) in [6, 6.07) is 31.1. The zero-order valence-electron chi connectivity index (χ0n) is 19.9. The standard InChI is InChI=1S/C30H26N2O3S/c1-20-26(29(33)35-19-22-12-6-3-7-13-22)28(32-30(36)31-20)27-24-15-9-8-14-23(24)16-17-25(27)34-18-21-10-4-2-5-11-21/h2-17,28H,18-19H2,1H3,(H2,31,32,36)/t28-/m0/s1. The Morgan fingerprint density at radius 2 is 1.47 bits per heavy atom. The van der Waals surface area contributed by atoms with E-state index in [2.05, 4.69) is 10.6 Å². The van der Waals surface area contributed by atoms with Gasteiger partial charge in [-0.15, -0.1) is 0 Å². The Hall–Kier alpha value is -4.16. The number of hydrogen-bond donors (Lipinski definition) is 2. The van der Waals surface area contributed by atoms with E-state index in [1.165, 1.54) is 0 Å². The summed E-state index contributed by atoms with van der Waals surface area (Å²) in [6.07, 6.45) is 0. The Morgan fingerprint density at radius 1 is 0.833 bits per heavy atom. The molecule has 36 heavy (non-hydrogen) atoms. The average molecular weight is 495 g/mol. The number of ether oxygens (including phenoxy) is 2. The average Bonchev–Trinajstić information content (AvgIpc) is 2.91. The highest BCUT2D eigenvalue weighted by Crippen LogP contribution is 2.39. The lowest BCUT2D eigenvalue weighted by molar-refractivity contribution is -0.140. The topological polar surface area (TPSA) is 59.6 Å². The fraction of sp³-hybridized carbons (Fsp3) is 0.133. The van der Waals surface area contributed by atoms with Crippen molar-refractivity contribution in [3.8, 4) is 5.75 Å². The predicted molar refractivity (Wildman–Crippen MR) is 145 cm³/mol. The van der Waals surface area contributed by atoms with Crippen LogP contribution in [0.3, 0.4) is 0 Å². The van der Waals surface area contributed by atoms with Crippen molar-refractivity contribution in [2.45, 2.75) is 26.2 Å². The van der Waals surface area contributed by atoms with E-state index in [1.54, 1.807) is 0 Å². The summed E-state index contributed by atoms with van der Waals surface area (Å²) in [5, 5.41) is 8.86. The van der Waals surface area contributed by atoms with Crippen LogP contribution < -0.4 is 15.4 Å². The fourth-order valence-corrected chi connectivity index (χ4v) is 4.69. The lowest BCUT2D eigenvalue weighted by atomic mass is 9.90. The van der Waals surface area contributed by atoms with Gasteiger partial charge in [0.1, 0.15) is 19.0 Å². The Labute approximate surface area is 215 Å². The van der Waals surface area contributed by atoms with Gasteiger partial charge >= 0.3 is 5.97 Å². The van der Waals surface area contributed by atoms with E-state index >= 15 is 0 Å². The molecule has 5 rings (SSSR count). The van der Waals surface area contributed by atoms with Crippen LogP contribution in [0.4, 0.5) is 0 Å². The van der Waals surface area contributed by atoms with Crippen LogP contribution in [0.5, 0.6) is 5.75 Å². The van der Waals surface area contributed by atoms with E-state index in [-0.39, 0.29) is 6.61 Å². The molecule has 0 unspecified atom stereocenters. The Balaban J connectivity index is 1.54. The zero-order chi connectivity index (χ0) is 24.9. The van der Waals surface area contributed by atoms with Gasteiger partial charge in [-0.2, -0.15) is 0 Å². The number of carbonyl (C=O) groups is 1. The molecule has 0 aromatic heterocycles. The maximum absolute atomic E-state index is 13.5. The number of carbonyl (C=O) groups excluding carboxylic acids is 1. The Kier molecular flexibility index (Phi) is 6.96. The van der Waals surface area contributed by atoms with Crippen molar-refractivity contribution >= 4 is 34.1 Å². The van der Waals surface area contributed by atoms with Gasteiger partial charge in [-0.3, -0.25) is 0 Å². The van der Waals surface area contributed by atoms with Crippen LogP contribution in [0.1, 0.15) is 29.7 Å². The van der Waals surface area contributed by atoms with E-state index in [0.717, 1.165) is 27.5 Å². The van der Waals surface area contributed by atoms with E-state index in [0.29, 0.717) is 28.7 Å². The van der Waals surface area contributed by atoms with Crippen molar-refractivity contribution in [3.63, 3.8) is 0 Å². The number of nitrogens with one attached hydrogen (secondary N) is 2. The summed E-state index contributed by atoms with van der Waals surface area (Å²) in [6.45, 7) is 2.42. The minimum Gasteiger partial charge on any atom is -0.489 e. The molecule has 0 amide bonds. The third-order valence-electron chi connectivity index (χ3n) is 6.16. The molecule has 1 aliphatic rings. The largest absolute Gasteiger partial charge is 0.489 e. The normalized spacial score (nSPS) is 15.2. The number of allylic oxidation sites excluding steroid dienone is 1. The molecule has 1 aliphatic heterocycles. The third kappa shape index (κ3) is 5.09. The predicted octanol–water partition coefficient (Wildman–Crippen LogP) is 5.96. The number of benzene rings is 4. The summed E-state index contributed by atoms with van der Waals surface area (Å²) >= 11 is 5.50. The molecule has 0 spiro atoms. The fourth-order valence-electron chi connectivity index (χ4n) is 4.42. The molecule has 0 aliphatic carbocycles. The molecule has 4 aromatic rings. The SMILES string of the molecule is CC1=C(C(=O)OCc2ccccc2)[C@@H](c2c(OCc3ccccc3)ccc3ccccc23)NC(=S)N1. The quantitative estimate of drug-likeness (QED) is 0.244. The van der Waals surface area contributed by atoms with Gasteiger partial charge in [-0.1, -0.05) is 91.0 Å². The molecule has 0 fully saturated rings. The monoisotopic (exact) mass is 494 g/mol. The van der Waals surface area contributed by atoms with Crippen LogP contribution in [-0.4, -0.2) is 11.1 Å². The summed E-state index contributed by atoms with van der Waals surface area (Å²) < 4.78 is 12.1. The third-order valence-corrected chi connectivity index (χ3v) is 6.38. The molecule has 4 aromatic carbocycles. The van der Waals surface area contributed by atoms with Crippen molar-refractivity contribution in [1.82, 2.24) is 10.6 Å². The number of rotatable bonds is 7. The Morgan fingerprint density at radius 3 is 2.19 bits per heavy atom. The van der Waals surface area contributed by atoms with Crippen molar-refractivity contribution in [3.05, 3.63) is 125 Å². The van der Waals surface area contributed by atoms with E-state index in [4.69, 9.17) is 21.7 Å². The summed E-state index contributed by atoms with van der Waals surface area (Å²) in [5.74, 6) is 0.270. The second-order valence-electron chi connectivity index (χ2n) is 8.60. The molecular weight excluding hydrogens is 468 g/mol. The maximum atomic E-state index is 13.5. The maximum Gasteiger partial charge on any atom is 0.338 e. The van der Waals surface area contributed by atoms with Gasteiger partial charge in [0, 0.05) is 11.3 Å². The first-order chi connectivity index (χ1) is 17.6. The summed E-state index contributed by atoms with van der Waals surface area (Å²) in [5.41, 5.74) is 3.95. The van der Waals surface area contributed by atoms with E-state index < -0.39 is 12.0 Å². The van der Waals surface area contributed by atoms with Crippen molar-refractivity contribution in [2.75, 3.05) is 0 Å². The summed E-state index contributed by atoms with van der Waals surface area (Å²) in [4.78, 5) is 13.5. The lowest BCUT2D eigenvalue weighted by Crippen LogP contribution is -2.45. The molecule has 5 nitrogen and oxygen atoms in total. The second kappa shape index (κ2) is 10.6. The highest BCUT2D eigenvalue weighted by molar-refractivity contribution is 7.80. The number of fused-ring (bicyclic) bond motifs is 1. The van der Waals surface area contributed by atoms with E-state index in [1.807, 2.05) is 104 Å². The van der Waals surface area contributed by atoms with Crippen molar-refractivity contribution in [2.24, 2.45) is 0 Å². The highest BCUT2D eigenvalue weighted by Gasteiger charge is 2.34. The van der Waals surface area contributed by atoms with Gasteiger partial charge in [-0.25, -0.2) is 4.79 Å². The molecule has 0 radical (unpaired) electrons. The molecule has 180 valence electrons. The first-order valence-electron chi connectivity index (χ1n) is 11.8. The smallest absolute Gasteiger partial charge is 0.338 e. The van der Waals surface area contributed by atoms with Gasteiger partial charge in [0.2, 0.25) is 0 Å². The van der Waals surface area contributed by atoms with Gasteiger partial charge in [0.15, 0.2) is 5.11 Å². The van der Waals surface area contributed by atoms with Crippen molar-refractivity contribution < 1.29 is 14.3 Å². The van der Waals surface area contributed by atoms with Gasteiger partial charge < -0.3 is 20.1 Å². The molecule has 0 saturated heterocycles.